The minimum atomic E-state index is -0.777. The van der Waals surface area contributed by atoms with E-state index in [1.54, 1.807) is 24.0 Å². The van der Waals surface area contributed by atoms with E-state index < -0.39 is 11.6 Å². The number of aliphatic hydroxyl groups is 1. The minimum Gasteiger partial charge on any atom is -0.393 e. The van der Waals surface area contributed by atoms with Crippen LogP contribution in [0.1, 0.15) is 43.5 Å². The van der Waals surface area contributed by atoms with E-state index in [4.69, 9.17) is 0 Å². The minimum absolute atomic E-state index is 0.0208. The van der Waals surface area contributed by atoms with E-state index in [2.05, 4.69) is 0 Å². The SMILES string of the molecule is CC(O)C1CCN(C(=O)C2(C)CCCN2C(=O)c2ccccc2)C1. The molecule has 0 aromatic heterocycles. The second-order valence-corrected chi connectivity index (χ2v) is 7.24. The van der Waals surface area contributed by atoms with E-state index in [0.29, 0.717) is 31.6 Å². The van der Waals surface area contributed by atoms with Gasteiger partial charge in [0.2, 0.25) is 5.91 Å². The maximum Gasteiger partial charge on any atom is 0.254 e. The Morgan fingerprint density at radius 2 is 1.96 bits per heavy atom. The van der Waals surface area contributed by atoms with Gasteiger partial charge in [-0.25, -0.2) is 0 Å². The number of hydrogen-bond donors (Lipinski definition) is 1. The van der Waals surface area contributed by atoms with Crippen LogP contribution in [-0.4, -0.2) is 58.0 Å². The van der Waals surface area contributed by atoms with Crippen LogP contribution in [0.3, 0.4) is 0 Å². The molecule has 0 bridgehead atoms. The molecular formula is C19H26N2O3. The van der Waals surface area contributed by atoms with E-state index in [1.807, 2.05) is 30.0 Å². The van der Waals surface area contributed by atoms with Crippen LogP contribution >= 0.6 is 0 Å². The van der Waals surface area contributed by atoms with Gasteiger partial charge in [-0.3, -0.25) is 9.59 Å². The van der Waals surface area contributed by atoms with Gasteiger partial charge in [-0.05, 0) is 45.2 Å². The topological polar surface area (TPSA) is 60.9 Å². The van der Waals surface area contributed by atoms with Crippen LogP contribution in [0.25, 0.3) is 0 Å². The lowest BCUT2D eigenvalue weighted by molar-refractivity contribution is -0.140. The zero-order valence-electron chi connectivity index (χ0n) is 14.4. The number of benzene rings is 1. The monoisotopic (exact) mass is 330 g/mol. The largest absolute Gasteiger partial charge is 0.393 e. The van der Waals surface area contributed by atoms with Crippen LogP contribution in [-0.2, 0) is 4.79 Å². The van der Waals surface area contributed by atoms with Crippen molar-refractivity contribution in [3.05, 3.63) is 35.9 Å². The molecule has 1 aromatic rings. The Labute approximate surface area is 143 Å². The molecule has 0 aliphatic carbocycles. The van der Waals surface area contributed by atoms with Crippen molar-refractivity contribution in [1.29, 1.82) is 0 Å². The average Bonchev–Trinajstić information content (AvgIpc) is 3.22. The Kier molecular flexibility index (Phi) is 4.63. The molecule has 1 N–H and O–H groups in total. The van der Waals surface area contributed by atoms with Crippen molar-refractivity contribution in [3.8, 4) is 0 Å². The third-order valence-electron chi connectivity index (χ3n) is 5.56. The van der Waals surface area contributed by atoms with E-state index in [0.717, 1.165) is 12.8 Å². The molecule has 2 saturated heterocycles. The van der Waals surface area contributed by atoms with Gasteiger partial charge in [0.25, 0.3) is 5.91 Å². The van der Waals surface area contributed by atoms with Gasteiger partial charge in [0.15, 0.2) is 0 Å². The summed E-state index contributed by atoms with van der Waals surface area (Å²) in [5, 5.41) is 9.77. The summed E-state index contributed by atoms with van der Waals surface area (Å²) in [5.41, 5.74) is -0.151. The van der Waals surface area contributed by atoms with Crippen molar-refractivity contribution in [2.75, 3.05) is 19.6 Å². The molecule has 5 nitrogen and oxygen atoms in total. The van der Waals surface area contributed by atoms with Crippen molar-refractivity contribution < 1.29 is 14.7 Å². The van der Waals surface area contributed by atoms with E-state index >= 15 is 0 Å². The number of nitrogens with zero attached hydrogens (tertiary/aromatic N) is 2. The van der Waals surface area contributed by atoms with Crippen LogP contribution in [0.15, 0.2) is 30.3 Å². The summed E-state index contributed by atoms with van der Waals surface area (Å²) >= 11 is 0. The first-order chi connectivity index (χ1) is 11.4. The highest BCUT2D eigenvalue weighted by molar-refractivity contribution is 5.99. The summed E-state index contributed by atoms with van der Waals surface area (Å²) in [5.74, 6) is 0.0832. The van der Waals surface area contributed by atoms with Crippen molar-refractivity contribution in [2.45, 2.75) is 44.8 Å². The van der Waals surface area contributed by atoms with Gasteiger partial charge in [0.05, 0.1) is 6.10 Å². The lowest BCUT2D eigenvalue weighted by Crippen LogP contribution is -2.56. The Morgan fingerprint density at radius 3 is 2.58 bits per heavy atom. The standard InChI is InChI=1S/C19H26N2O3/c1-14(22)16-9-12-20(13-16)18(24)19(2)10-6-11-21(19)17(23)15-7-4-3-5-8-15/h3-5,7-8,14,16,22H,6,9-13H2,1-2H3. The lowest BCUT2D eigenvalue weighted by Gasteiger charge is -2.37. The Morgan fingerprint density at radius 1 is 1.25 bits per heavy atom. The molecule has 2 heterocycles. The van der Waals surface area contributed by atoms with Gasteiger partial charge in [-0.1, -0.05) is 18.2 Å². The average molecular weight is 330 g/mol. The Balaban J connectivity index is 1.78. The lowest BCUT2D eigenvalue weighted by atomic mass is 9.96. The number of aliphatic hydroxyl groups excluding tert-OH is 1. The van der Waals surface area contributed by atoms with Crippen molar-refractivity contribution in [1.82, 2.24) is 9.80 Å². The van der Waals surface area contributed by atoms with Gasteiger partial charge in [0.1, 0.15) is 5.54 Å². The quantitative estimate of drug-likeness (QED) is 0.921. The fraction of sp³-hybridized carbons (Fsp3) is 0.579. The molecule has 3 unspecified atom stereocenters. The van der Waals surface area contributed by atoms with Crippen LogP contribution in [0.5, 0.6) is 0 Å². The Hall–Kier alpha value is -1.88. The summed E-state index contributed by atoms with van der Waals surface area (Å²) in [4.78, 5) is 29.6. The number of rotatable bonds is 3. The van der Waals surface area contributed by atoms with Crippen LogP contribution in [0.4, 0.5) is 0 Å². The molecule has 0 radical (unpaired) electrons. The number of likely N-dealkylation sites (tertiary alicyclic amines) is 2. The molecule has 2 fully saturated rings. The summed E-state index contributed by atoms with van der Waals surface area (Å²) in [6.07, 6.45) is 1.96. The maximum absolute atomic E-state index is 13.1. The number of carbonyl (C=O) groups excluding carboxylic acids is 2. The van der Waals surface area contributed by atoms with Gasteiger partial charge >= 0.3 is 0 Å². The normalized spacial score (nSPS) is 28.2. The van der Waals surface area contributed by atoms with E-state index in [1.165, 1.54) is 0 Å². The van der Waals surface area contributed by atoms with Gasteiger partial charge in [-0.2, -0.15) is 0 Å². The first-order valence-corrected chi connectivity index (χ1v) is 8.78. The first-order valence-electron chi connectivity index (χ1n) is 8.78. The predicted molar refractivity (Wildman–Crippen MR) is 91.5 cm³/mol. The number of amides is 2. The molecule has 1 aromatic carbocycles. The smallest absolute Gasteiger partial charge is 0.254 e. The fourth-order valence-electron chi connectivity index (χ4n) is 3.95. The number of carbonyl (C=O) groups is 2. The molecule has 3 rings (SSSR count). The summed E-state index contributed by atoms with van der Waals surface area (Å²) in [6.45, 7) is 5.53. The van der Waals surface area contributed by atoms with E-state index in [-0.39, 0.29) is 17.7 Å². The number of hydrogen-bond acceptors (Lipinski definition) is 3. The molecule has 2 amide bonds. The second kappa shape index (κ2) is 6.55. The molecule has 2 aliphatic heterocycles. The van der Waals surface area contributed by atoms with Crippen molar-refractivity contribution in [2.24, 2.45) is 5.92 Å². The summed E-state index contributed by atoms with van der Waals surface area (Å²) in [7, 11) is 0. The first kappa shape index (κ1) is 17.0. The second-order valence-electron chi connectivity index (χ2n) is 7.24. The summed E-state index contributed by atoms with van der Waals surface area (Å²) < 4.78 is 0. The highest BCUT2D eigenvalue weighted by Gasteiger charge is 2.48. The van der Waals surface area contributed by atoms with Crippen molar-refractivity contribution in [3.63, 3.8) is 0 Å². The molecule has 24 heavy (non-hydrogen) atoms. The molecule has 2 aliphatic rings. The van der Waals surface area contributed by atoms with E-state index in [9.17, 15) is 14.7 Å². The fourth-order valence-corrected chi connectivity index (χ4v) is 3.95. The van der Waals surface area contributed by atoms with Gasteiger partial charge in [0, 0.05) is 31.1 Å². The zero-order chi connectivity index (χ0) is 17.3. The van der Waals surface area contributed by atoms with Crippen LogP contribution in [0.2, 0.25) is 0 Å². The molecule has 0 spiro atoms. The maximum atomic E-state index is 13.1. The van der Waals surface area contributed by atoms with Crippen LogP contribution in [0, 0.1) is 5.92 Å². The third kappa shape index (κ3) is 2.93. The van der Waals surface area contributed by atoms with Gasteiger partial charge in [-0.15, -0.1) is 0 Å². The predicted octanol–water partition coefficient (Wildman–Crippen LogP) is 1.91. The highest BCUT2D eigenvalue weighted by atomic mass is 16.3. The summed E-state index contributed by atoms with van der Waals surface area (Å²) in [6, 6.07) is 9.16. The molecule has 5 heteroatoms. The molecular weight excluding hydrogens is 304 g/mol. The van der Waals surface area contributed by atoms with Crippen molar-refractivity contribution >= 4 is 11.8 Å². The zero-order valence-corrected chi connectivity index (χ0v) is 14.4. The molecule has 130 valence electrons. The third-order valence-corrected chi connectivity index (χ3v) is 5.56. The van der Waals surface area contributed by atoms with Crippen LogP contribution < -0.4 is 0 Å². The molecule has 3 atom stereocenters. The Bertz CT molecular complexity index is 616. The highest BCUT2D eigenvalue weighted by Crippen LogP contribution is 2.34. The molecule has 0 saturated carbocycles. The van der Waals surface area contributed by atoms with Gasteiger partial charge < -0.3 is 14.9 Å².